The first-order valence-corrected chi connectivity index (χ1v) is 8.04. The first-order chi connectivity index (χ1) is 11.2. The van der Waals surface area contributed by atoms with E-state index in [2.05, 4.69) is 19.9 Å². The molecule has 0 spiro atoms. The van der Waals surface area contributed by atoms with Crippen LogP contribution in [-0.2, 0) is 7.05 Å². The molecule has 1 N–H and O–H groups in total. The van der Waals surface area contributed by atoms with Crippen molar-refractivity contribution in [3.05, 3.63) is 30.6 Å². The first kappa shape index (κ1) is 15.7. The molecule has 2 atom stereocenters. The SMILES string of the molecule is CCOc1cc(N2CCC[C@@H]([C@@H](O)c3nccn3C)C2)ncn1. The Labute approximate surface area is 136 Å². The molecule has 2 aromatic heterocycles. The van der Waals surface area contributed by atoms with Crippen LogP contribution in [0.1, 0.15) is 31.7 Å². The number of ether oxygens (including phenoxy) is 1. The molecule has 7 heteroatoms. The summed E-state index contributed by atoms with van der Waals surface area (Å²) < 4.78 is 7.32. The number of rotatable bonds is 5. The average molecular weight is 317 g/mol. The third kappa shape index (κ3) is 3.44. The van der Waals surface area contributed by atoms with Crippen molar-refractivity contribution in [2.24, 2.45) is 13.0 Å². The number of anilines is 1. The third-order valence-corrected chi connectivity index (χ3v) is 4.27. The summed E-state index contributed by atoms with van der Waals surface area (Å²) in [7, 11) is 1.91. The lowest BCUT2D eigenvalue weighted by molar-refractivity contribution is 0.0873. The zero-order chi connectivity index (χ0) is 16.2. The maximum Gasteiger partial charge on any atom is 0.218 e. The molecule has 0 radical (unpaired) electrons. The minimum absolute atomic E-state index is 0.135. The quantitative estimate of drug-likeness (QED) is 0.902. The van der Waals surface area contributed by atoms with Crippen molar-refractivity contribution in [3.63, 3.8) is 0 Å². The van der Waals surface area contributed by atoms with Crippen LogP contribution >= 0.6 is 0 Å². The van der Waals surface area contributed by atoms with Crippen LogP contribution in [0.15, 0.2) is 24.8 Å². The molecule has 0 amide bonds. The van der Waals surface area contributed by atoms with Crippen LogP contribution in [0.3, 0.4) is 0 Å². The van der Waals surface area contributed by atoms with Crippen LogP contribution in [0.2, 0.25) is 0 Å². The van der Waals surface area contributed by atoms with Crippen molar-refractivity contribution in [3.8, 4) is 5.88 Å². The fraction of sp³-hybridized carbons (Fsp3) is 0.562. The van der Waals surface area contributed by atoms with Crippen molar-refractivity contribution in [1.29, 1.82) is 0 Å². The van der Waals surface area contributed by atoms with Crippen molar-refractivity contribution in [1.82, 2.24) is 19.5 Å². The summed E-state index contributed by atoms with van der Waals surface area (Å²) in [6.07, 6.45) is 6.54. The van der Waals surface area contributed by atoms with E-state index in [-0.39, 0.29) is 5.92 Å². The molecule has 1 saturated heterocycles. The number of aromatic nitrogens is 4. The Kier molecular flexibility index (Phi) is 4.76. The van der Waals surface area contributed by atoms with E-state index < -0.39 is 6.10 Å². The summed E-state index contributed by atoms with van der Waals surface area (Å²) in [5, 5.41) is 10.7. The largest absolute Gasteiger partial charge is 0.478 e. The Bertz CT molecular complexity index is 645. The molecule has 3 heterocycles. The van der Waals surface area contributed by atoms with Crippen molar-refractivity contribution in [2.45, 2.75) is 25.9 Å². The van der Waals surface area contributed by atoms with Gasteiger partial charge in [-0.3, -0.25) is 0 Å². The number of hydrogen-bond donors (Lipinski definition) is 1. The Hall–Kier alpha value is -2.15. The topological polar surface area (TPSA) is 76.3 Å². The molecular weight excluding hydrogens is 294 g/mol. The molecule has 0 aromatic carbocycles. The molecule has 1 fully saturated rings. The number of imidazole rings is 1. The molecule has 3 rings (SSSR count). The fourth-order valence-corrected chi connectivity index (χ4v) is 3.08. The molecule has 7 nitrogen and oxygen atoms in total. The highest BCUT2D eigenvalue weighted by atomic mass is 16.5. The maximum absolute atomic E-state index is 10.7. The van der Waals surface area contributed by atoms with E-state index in [1.807, 2.05) is 30.8 Å². The molecule has 1 aliphatic rings. The summed E-state index contributed by atoms with van der Waals surface area (Å²) in [5.41, 5.74) is 0. The second-order valence-electron chi connectivity index (χ2n) is 5.84. The van der Waals surface area contributed by atoms with Gasteiger partial charge in [0.25, 0.3) is 0 Å². The van der Waals surface area contributed by atoms with Crippen molar-refractivity contribution < 1.29 is 9.84 Å². The molecular formula is C16H23N5O2. The Morgan fingerprint density at radius 3 is 3.00 bits per heavy atom. The van der Waals surface area contributed by atoms with E-state index in [1.165, 1.54) is 6.33 Å². The van der Waals surface area contributed by atoms with E-state index >= 15 is 0 Å². The summed E-state index contributed by atoms with van der Waals surface area (Å²) in [6, 6.07) is 1.86. The summed E-state index contributed by atoms with van der Waals surface area (Å²) in [6.45, 7) is 4.18. The zero-order valence-corrected chi connectivity index (χ0v) is 13.6. The van der Waals surface area contributed by atoms with E-state index in [9.17, 15) is 5.11 Å². The molecule has 2 aromatic rings. The van der Waals surface area contributed by atoms with Crippen LogP contribution in [0.4, 0.5) is 5.82 Å². The lowest BCUT2D eigenvalue weighted by Crippen LogP contribution is -2.38. The second-order valence-corrected chi connectivity index (χ2v) is 5.84. The molecule has 23 heavy (non-hydrogen) atoms. The fourth-order valence-electron chi connectivity index (χ4n) is 3.08. The van der Waals surface area contributed by atoms with Gasteiger partial charge in [-0.2, -0.15) is 0 Å². The highest BCUT2D eigenvalue weighted by molar-refractivity contribution is 5.41. The number of aliphatic hydroxyl groups excluding tert-OH is 1. The highest BCUT2D eigenvalue weighted by Gasteiger charge is 2.29. The molecule has 0 aliphatic carbocycles. The molecule has 0 saturated carbocycles. The number of nitrogens with zero attached hydrogens (tertiary/aromatic N) is 5. The Morgan fingerprint density at radius 2 is 2.26 bits per heavy atom. The van der Waals surface area contributed by atoms with Gasteiger partial charge in [-0.05, 0) is 19.8 Å². The first-order valence-electron chi connectivity index (χ1n) is 8.04. The average Bonchev–Trinajstić information content (AvgIpc) is 3.01. The standard InChI is InChI=1S/C16H23N5O2/c1-3-23-14-9-13(18-11-19-14)21-7-4-5-12(10-21)15(22)16-17-6-8-20(16)2/h6,8-9,11-12,15,22H,3-5,7,10H2,1-2H3/t12-,15-/m1/s1. The number of aliphatic hydroxyl groups is 1. The van der Waals surface area contributed by atoms with Gasteiger partial charge in [-0.1, -0.05) is 0 Å². The Morgan fingerprint density at radius 1 is 1.39 bits per heavy atom. The van der Waals surface area contributed by atoms with Gasteiger partial charge in [0.05, 0.1) is 6.61 Å². The number of piperidine rings is 1. The van der Waals surface area contributed by atoms with E-state index in [1.54, 1.807) is 6.20 Å². The van der Waals surface area contributed by atoms with Crippen LogP contribution in [0.25, 0.3) is 0 Å². The normalized spacial score (nSPS) is 19.6. The lowest BCUT2D eigenvalue weighted by Gasteiger charge is -2.35. The summed E-state index contributed by atoms with van der Waals surface area (Å²) >= 11 is 0. The summed E-state index contributed by atoms with van der Waals surface area (Å²) in [5.74, 6) is 2.29. The van der Waals surface area contributed by atoms with E-state index in [0.29, 0.717) is 12.5 Å². The van der Waals surface area contributed by atoms with Gasteiger partial charge >= 0.3 is 0 Å². The predicted molar refractivity (Wildman–Crippen MR) is 86.3 cm³/mol. The molecule has 0 bridgehead atoms. The molecule has 0 unspecified atom stereocenters. The monoisotopic (exact) mass is 317 g/mol. The smallest absolute Gasteiger partial charge is 0.218 e. The van der Waals surface area contributed by atoms with Crippen LogP contribution in [-0.4, -0.2) is 44.3 Å². The van der Waals surface area contributed by atoms with Gasteiger partial charge in [0.1, 0.15) is 24.1 Å². The van der Waals surface area contributed by atoms with Gasteiger partial charge in [-0.25, -0.2) is 15.0 Å². The second kappa shape index (κ2) is 6.95. The third-order valence-electron chi connectivity index (χ3n) is 4.27. The van der Waals surface area contributed by atoms with Gasteiger partial charge in [-0.15, -0.1) is 0 Å². The van der Waals surface area contributed by atoms with Gasteiger partial charge in [0, 0.05) is 44.5 Å². The maximum atomic E-state index is 10.7. The van der Waals surface area contributed by atoms with Gasteiger partial charge in [0.15, 0.2) is 0 Å². The predicted octanol–water partition coefficient (Wildman–Crippen LogP) is 1.56. The summed E-state index contributed by atoms with van der Waals surface area (Å²) in [4.78, 5) is 14.9. The van der Waals surface area contributed by atoms with Crippen molar-refractivity contribution in [2.75, 3.05) is 24.6 Å². The van der Waals surface area contributed by atoms with Crippen LogP contribution in [0, 0.1) is 5.92 Å². The minimum atomic E-state index is -0.564. The molecule has 1 aliphatic heterocycles. The number of aryl methyl sites for hydroxylation is 1. The van der Waals surface area contributed by atoms with Crippen LogP contribution in [0.5, 0.6) is 5.88 Å². The molecule has 124 valence electrons. The minimum Gasteiger partial charge on any atom is -0.478 e. The Balaban J connectivity index is 1.73. The zero-order valence-electron chi connectivity index (χ0n) is 13.6. The van der Waals surface area contributed by atoms with Gasteiger partial charge < -0.3 is 19.3 Å². The van der Waals surface area contributed by atoms with Crippen LogP contribution < -0.4 is 9.64 Å². The lowest BCUT2D eigenvalue weighted by atomic mass is 9.92. The van der Waals surface area contributed by atoms with E-state index in [0.717, 1.165) is 37.6 Å². The highest BCUT2D eigenvalue weighted by Crippen LogP contribution is 2.31. The van der Waals surface area contributed by atoms with E-state index in [4.69, 9.17) is 4.74 Å². The number of hydrogen-bond acceptors (Lipinski definition) is 6. The van der Waals surface area contributed by atoms with Gasteiger partial charge in [0.2, 0.25) is 5.88 Å². The van der Waals surface area contributed by atoms with Crippen molar-refractivity contribution >= 4 is 5.82 Å².